The van der Waals surface area contributed by atoms with Crippen molar-refractivity contribution in [1.29, 1.82) is 0 Å². The van der Waals surface area contributed by atoms with E-state index in [0.717, 1.165) is 11.8 Å². The van der Waals surface area contributed by atoms with Crippen molar-refractivity contribution in [3.8, 4) is 0 Å². The summed E-state index contributed by atoms with van der Waals surface area (Å²) in [5.41, 5.74) is 0. The summed E-state index contributed by atoms with van der Waals surface area (Å²) in [6.07, 6.45) is 1.87. The van der Waals surface area contributed by atoms with Crippen molar-refractivity contribution in [3.05, 3.63) is 24.3 Å². The number of fused-ring (bicyclic) bond motifs is 1. The van der Waals surface area contributed by atoms with Crippen molar-refractivity contribution in [2.45, 2.75) is 22.6 Å². The normalized spacial score (nSPS) is 44.3. The van der Waals surface area contributed by atoms with E-state index in [4.69, 9.17) is 0 Å². The Labute approximate surface area is 72.5 Å². The molecule has 1 saturated heterocycles. The first-order valence-electron chi connectivity index (χ1n) is 3.55. The van der Waals surface area contributed by atoms with Gasteiger partial charge in [0.15, 0.2) is 0 Å². The molecule has 0 amide bonds. The van der Waals surface area contributed by atoms with E-state index in [1.807, 2.05) is 0 Å². The zero-order chi connectivity index (χ0) is 9.04. The molecule has 0 aromatic heterocycles. The molecule has 1 heterocycles. The molecule has 4 heteroatoms. The predicted octanol–water partition coefficient (Wildman–Crippen LogP) is 2.92. The summed E-state index contributed by atoms with van der Waals surface area (Å²) >= 11 is 0.957. The first-order chi connectivity index (χ1) is 5.41. The van der Waals surface area contributed by atoms with Crippen molar-refractivity contribution < 1.29 is 13.2 Å². The van der Waals surface area contributed by atoms with E-state index in [1.54, 1.807) is 19.1 Å². The zero-order valence-electron chi connectivity index (χ0n) is 6.35. The molecule has 0 bridgehead atoms. The standard InChI is InChI=1S/C8H7F3S/c1-6-4-2-3-5-7(6,12-6)8(9,10)11/h2-5H,1H3. The zero-order valence-corrected chi connectivity index (χ0v) is 7.17. The second-order valence-corrected chi connectivity index (χ2v) is 4.86. The van der Waals surface area contributed by atoms with Crippen LogP contribution in [-0.2, 0) is 0 Å². The monoisotopic (exact) mass is 192 g/mol. The third-order valence-electron chi connectivity index (χ3n) is 2.35. The van der Waals surface area contributed by atoms with Crippen LogP contribution in [-0.4, -0.2) is 15.7 Å². The van der Waals surface area contributed by atoms with Crippen molar-refractivity contribution >= 4 is 11.8 Å². The van der Waals surface area contributed by atoms with Crippen LogP contribution in [0.4, 0.5) is 13.2 Å². The lowest BCUT2D eigenvalue weighted by atomic mass is 9.90. The van der Waals surface area contributed by atoms with Crippen LogP contribution in [0, 0.1) is 0 Å². The fraction of sp³-hybridized carbons (Fsp3) is 0.500. The Bertz CT molecular complexity index is 279. The fourth-order valence-electron chi connectivity index (χ4n) is 1.53. The first kappa shape index (κ1) is 8.23. The molecule has 0 saturated carbocycles. The van der Waals surface area contributed by atoms with Crippen molar-refractivity contribution in [2.75, 3.05) is 0 Å². The summed E-state index contributed by atoms with van der Waals surface area (Å²) in [4.78, 5) is 0. The first-order valence-corrected chi connectivity index (χ1v) is 4.37. The highest BCUT2D eigenvalue weighted by Crippen LogP contribution is 2.72. The molecular formula is C8H7F3S. The highest BCUT2D eigenvalue weighted by atomic mass is 32.2. The van der Waals surface area contributed by atoms with Crippen LogP contribution >= 0.6 is 11.8 Å². The molecule has 1 aliphatic carbocycles. The molecule has 0 nitrogen and oxygen atoms in total. The quantitative estimate of drug-likeness (QED) is 0.532. The van der Waals surface area contributed by atoms with E-state index in [-0.39, 0.29) is 0 Å². The van der Waals surface area contributed by atoms with Gasteiger partial charge in [-0.2, -0.15) is 13.2 Å². The maximum atomic E-state index is 12.5. The smallest absolute Gasteiger partial charge is 0.169 e. The third kappa shape index (κ3) is 0.762. The van der Waals surface area contributed by atoms with Crippen LogP contribution < -0.4 is 0 Å². The Morgan fingerprint density at radius 3 is 2.17 bits per heavy atom. The Balaban J connectivity index is 2.39. The van der Waals surface area contributed by atoms with Crippen LogP contribution in [0.5, 0.6) is 0 Å². The molecular weight excluding hydrogens is 185 g/mol. The van der Waals surface area contributed by atoms with Gasteiger partial charge in [-0.1, -0.05) is 24.3 Å². The number of hydrogen-bond donors (Lipinski definition) is 0. The molecule has 2 rings (SSSR count). The number of halogens is 3. The average molecular weight is 192 g/mol. The fourth-order valence-corrected chi connectivity index (χ4v) is 2.81. The predicted molar refractivity (Wildman–Crippen MR) is 43.1 cm³/mol. The van der Waals surface area contributed by atoms with E-state index in [2.05, 4.69) is 0 Å². The molecule has 0 radical (unpaired) electrons. The van der Waals surface area contributed by atoms with Crippen LogP contribution in [0.3, 0.4) is 0 Å². The van der Waals surface area contributed by atoms with Gasteiger partial charge in [0.05, 0.1) is 4.75 Å². The minimum Gasteiger partial charge on any atom is -0.169 e. The highest BCUT2D eigenvalue weighted by Gasteiger charge is 2.77. The SMILES string of the molecule is CC12C=CC=CC1(C(F)(F)F)S2. The summed E-state index contributed by atoms with van der Waals surface area (Å²) in [5, 5.41) is 0. The lowest BCUT2D eigenvalue weighted by Gasteiger charge is -2.19. The molecule has 2 atom stereocenters. The molecule has 0 spiro atoms. The van der Waals surface area contributed by atoms with Gasteiger partial charge < -0.3 is 0 Å². The van der Waals surface area contributed by atoms with Crippen molar-refractivity contribution in [3.63, 3.8) is 0 Å². The molecule has 0 N–H and O–H groups in total. The molecule has 0 aromatic carbocycles. The number of allylic oxidation sites excluding steroid dienone is 2. The summed E-state index contributed by atoms with van der Waals surface area (Å²) in [7, 11) is 0. The van der Waals surface area contributed by atoms with Gasteiger partial charge >= 0.3 is 6.18 Å². The third-order valence-corrected chi connectivity index (χ3v) is 4.14. The van der Waals surface area contributed by atoms with E-state index in [9.17, 15) is 13.2 Å². The average Bonchev–Trinajstić information content (AvgIpc) is 2.54. The lowest BCUT2D eigenvalue weighted by Crippen LogP contribution is -2.37. The summed E-state index contributed by atoms with van der Waals surface area (Å²) in [5.74, 6) is 0. The van der Waals surface area contributed by atoms with E-state index >= 15 is 0 Å². The number of thioether (sulfide) groups is 1. The maximum absolute atomic E-state index is 12.5. The van der Waals surface area contributed by atoms with Gasteiger partial charge in [-0.25, -0.2) is 0 Å². The topological polar surface area (TPSA) is 0 Å². The number of alkyl halides is 3. The molecule has 2 aliphatic rings. The Morgan fingerprint density at radius 1 is 1.17 bits per heavy atom. The van der Waals surface area contributed by atoms with Crippen LogP contribution in [0.1, 0.15) is 6.92 Å². The van der Waals surface area contributed by atoms with Crippen LogP contribution in [0.15, 0.2) is 24.3 Å². The Morgan fingerprint density at radius 2 is 1.75 bits per heavy atom. The molecule has 66 valence electrons. The molecule has 2 unspecified atom stereocenters. The van der Waals surface area contributed by atoms with Gasteiger partial charge in [0.25, 0.3) is 0 Å². The van der Waals surface area contributed by atoms with Gasteiger partial charge in [-0.05, 0) is 6.92 Å². The lowest BCUT2D eigenvalue weighted by molar-refractivity contribution is -0.142. The Kier molecular flexibility index (Phi) is 1.32. The van der Waals surface area contributed by atoms with Crippen molar-refractivity contribution in [1.82, 2.24) is 0 Å². The van der Waals surface area contributed by atoms with Crippen LogP contribution in [0.2, 0.25) is 0 Å². The summed E-state index contributed by atoms with van der Waals surface area (Å²) in [6, 6.07) is 0. The number of rotatable bonds is 0. The summed E-state index contributed by atoms with van der Waals surface area (Å²) in [6.45, 7) is 1.62. The minimum absolute atomic E-state index is 0.750. The molecule has 1 fully saturated rings. The van der Waals surface area contributed by atoms with Crippen LogP contribution in [0.25, 0.3) is 0 Å². The highest BCUT2D eigenvalue weighted by molar-refractivity contribution is 8.10. The maximum Gasteiger partial charge on any atom is 0.408 e. The molecule has 12 heavy (non-hydrogen) atoms. The number of hydrogen-bond acceptors (Lipinski definition) is 1. The molecule has 1 aliphatic heterocycles. The van der Waals surface area contributed by atoms with Crippen molar-refractivity contribution in [2.24, 2.45) is 0 Å². The van der Waals surface area contributed by atoms with E-state index in [0.29, 0.717) is 0 Å². The van der Waals surface area contributed by atoms with Gasteiger partial charge in [0.2, 0.25) is 0 Å². The Hall–Kier alpha value is -0.380. The van der Waals surface area contributed by atoms with Gasteiger partial charge in [-0.15, -0.1) is 11.8 Å². The van der Waals surface area contributed by atoms with Gasteiger partial charge in [0.1, 0.15) is 4.75 Å². The molecule has 0 aromatic rings. The van der Waals surface area contributed by atoms with Gasteiger partial charge in [-0.3, -0.25) is 0 Å². The van der Waals surface area contributed by atoms with Gasteiger partial charge in [0, 0.05) is 0 Å². The second kappa shape index (κ2) is 1.92. The van der Waals surface area contributed by atoms with E-state index in [1.165, 1.54) is 12.2 Å². The largest absolute Gasteiger partial charge is 0.408 e. The summed E-state index contributed by atoms with van der Waals surface area (Å²) < 4.78 is 35.1. The minimum atomic E-state index is -4.13. The van der Waals surface area contributed by atoms with E-state index < -0.39 is 15.7 Å². The second-order valence-electron chi connectivity index (χ2n) is 3.16.